The SMILES string of the molecule is O=c1oc2ccccc2cc1-c1csc(N2N=C3C(=Cc4ccccc4)CCCC3C2c2ccccc2)n1. The Kier molecular flexibility index (Phi) is 5.74. The van der Waals surface area contributed by atoms with Crippen molar-refractivity contribution in [3.63, 3.8) is 0 Å². The number of thiazole rings is 1. The van der Waals surface area contributed by atoms with Gasteiger partial charge in [-0.25, -0.2) is 14.8 Å². The van der Waals surface area contributed by atoms with Crippen LogP contribution in [0.3, 0.4) is 0 Å². The molecule has 5 nitrogen and oxygen atoms in total. The van der Waals surface area contributed by atoms with Crippen molar-refractivity contribution in [2.75, 3.05) is 5.01 Å². The summed E-state index contributed by atoms with van der Waals surface area (Å²) in [6, 6.07) is 30.5. The maximum atomic E-state index is 12.8. The Morgan fingerprint density at radius 2 is 1.71 bits per heavy atom. The number of hydrogen-bond donors (Lipinski definition) is 0. The monoisotopic (exact) mass is 515 g/mol. The molecule has 0 amide bonds. The molecular weight excluding hydrogens is 490 g/mol. The molecule has 0 radical (unpaired) electrons. The van der Waals surface area contributed by atoms with E-state index in [4.69, 9.17) is 14.5 Å². The summed E-state index contributed by atoms with van der Waals surface area (Å²) in [5, 5.41) is 10.9. The van der Waals surface area contributed by atoms with Crippen molar-refractivity contribution in [3.8, 4) is 11.3 Å². The number of fused-ring (bicyclic) bond motifs is 2. The standard InChI is InChI=1S/C32H25N3O2S/c36-31-26(19-23-14-7-8-17-28(23)37-31)27-20-38-32(33-27)35-30(22-12-5-2-6-13-22)25-16-9-15-24(29(25)34-35)18-21-10-3-1-4-11-21/h1-8,10-14,17-20,25,30H,9,15-16H2. The first-order valence-corrected chi connectivity index (χ1v) is 13.8. The molecule has 0 saturated heterocycles. The van der Waals surface area contributed by atoms with Crippen LogP contribution in [0.1, 0.15) is 36.4 Å². The van der Waals surface area contributed by atoms with E-state index in [1.165, 1.54) is 28.0 Å². The van der Waals surface area contributed by atoms with E-state index in [9.17, 15) is 4.79 Å². The summed E-state index contributed by atoms with van der Waals surface area (Å²) in [5.74, 6) is 0.277. The zero-order chi connectivity index (χ0) is 25.5. The molecule has 5 aromatic rings. The second-order valence-electron chi connectivity index (χ2n) is 9.76. The number of benzene rings is 3. The quantitative estimate of drug-likeness (QED) is 0.230. The predicted octanol–water partition coefficient (Wildman–Crippen LogP) is 7.72. The van der Waals surface area contributed by atoms with Gasteiger partial charge in [0.05, 0.1) is 23.0 Å². The number of hydrazone groups is 1. The van der Waals surface area contributed by atoms with Gasteiger partial charge in [0.1, 0.15) is 5.58 Å². The second kappa shape index (κ2) is 9.54. The molecule has 1 aliphatic carbocycles. The van der Waals surface area contributed by atoms with Gasteiger partial charge in [-0.2, -0.15) is 5.10 Å². The van der Waals surface area contributed by atoms with Gasteiger partial charge in [-0.3, -0.25) is 0 Å². The van der Waals surface area contributed by atoms with Crippen LogP contribution in [0, 0.1) is 5.92 Å². The van der Waals surface area contributed by atoms with Crippen LogP contribution in [0.5, 0.6) is 0 Å². The van der Waals surface area contributed by atoms with E-state index >= 15 is 0 Å². The minimum Gasteiger partial charge on any atom is -0.422 e. The number of nitrogens with zero attached hydrogens (tertiary/aromatic N) is 3. The van der Waals surface area contributed by atoms with Crippen LogP contribution in [0.25, 0.3) is 28.3 Å². The van der Waals surface area contributed by atoms with Gasteiger partial charge in [0.25, 0.3) is 0 Å². The molecule has 6 heteroatoms. The third-order valence-corrected chi connectivity index (χ3v) is 8.22. The Hall–Kier alpha value is -4.29. The number of hydrogen-bond acceptors (Lipinski definition) is 6. The summed E-state index contributed by atoms with van der Waals surface area (Å²) in [7, 11) is 0. The average molecular weight is 516 g/mol. The number of allylic oxidation sites excluding steroid dienone is 1. The molecule has 1 saturated carbocycles. The summed E-state index contributed by atoms with van der Waals surface area (Å²) in [6.07, 6.45) is 5.50. The highest BCUT2D eigenvalue weighted by Gasteiger charge is 2.42. The first kappa shape index (κ1) is 22.9. The van der Waals surface area contributed by atoms with Crippen molar-refractivity contribution >= 4 is 39.2 Å². The highest BCUT2D eigenvalue weighted by atomic mass is 32.1. The van der Waals surface area contributed by atoms with Crippen LogP contribution in [-0.2, 0) is 0 Å². The molecule has 2 unspecified atom stereocenters. The maximum absolute atomic E-state index is 12.8. The van der Waals surface area contributed by atoms with Gasteiger partial charge in [0.15, 0.2) is 0 Å². The Bertz CT molecular complexity index is 1740. The summed E-state index contributed by atoms with van der Waals surface area (Å²) in [4.78, 5) is 17.8. The molecule has 0 spiro atoms. The second-order valence-corrected chi connectivity index (χ2v) is 10.6. The first-order chi connectivity index (χ1) is 18.7. The van der Waals surface area contributed by atoms with Gasteiger partial charge in [-0.05, 0) is 54.2 Å². The van der Waals surface area contributed by atoms with Crippen molar-refractivity contribution in [1.82, 2.24) is 4.98 Å². The smallest absolute Gasteiger partial charge is 0.345 e. The van der Waals surface area contributed by atoms with Crippen molar-refractivity contribution in [1.29, 1.82) is 0 Å². The Balaban J connectivity index is 1.32. The van der Waals surface area contributed by atoms with Gasteiger partial charge in [-0.1, -0.05) is 78.9 Å². The van der Waals surface area contributed by atoms with Crippen molar-refractivity contribution in [3.05, 3.63) is 123 Å². The minimum absolute atomic E-state index is 0.0534. The molecule has 2 aliphatic rings. The summed E-state index contributed by atoms with van der Waals surface area (Å²) < 4.78 is 5.58. The van der Waals surface area contributed by atoms with E-state index in [2.05, 4.69) is 59.6 Å². The van der Waals surface area contributed by atoms with Crippen LogP contribution >= 0.6 is 11.3 Å². The lowest BCUT2D eigenvalue weighted by atomic mass is 9.77. The molecule has 1 fully saturated rings. The topological polar surface area (TPSA) is 58.7 Å². The molecular formula is C32H25N3O2S. The summed E-state index contributed by atoms with van der Waals surface area (Å²) in [5.41, 5.74) is 6.14. The minimum atomic E-state index is -0.380. The van der Waals surface area contributed by atoms with E-state index in [1.807, 2.05) is 41.8 Å². The molecule has 38 heavy (non-hydrogen) atoms. The van der Waals surface area contributed by atoms with Crippen LogP contribution in [0.4, 0.5) is 5.13 Å². The van der Waals surface area contributed by atoms with Crippen molar-refractivity contribution in [2.24, 2.45) is 11.0 Å². The molecule has 3 aromatic carbocycles. The van der Waals surface area contributed by atoms with Crippen molar-refractivity contribution < 1.29 is 4.42 Å². The van der Waals surface area contributed by atoms with Gasteiger partial charge < -0.3 is 4.42 Å². The normalized spacial score (nSPS) is 20.1. The molecule has 2 atom stereocenters. The maximum Gasteiger partial charge on any atom is 0.345 e. The van der Waals surface area contributed by atoms with E-state index in [0.29, 0.717) is 16.8 Å². The third-order valence-electron chi connectivity index (χ3n) is 7.39. The number of para-hydroxylation sites is 1. The van der Waals surface area contributed by atoms with E-state index < -0.39 is 0 Å². The predicted molar refractivity (Wildman–Crippen MR) is 154 cm³/mol. The largest absolute Gasteiger partial charge is 0.422 e. The van der Waals surface area contributed by atoms with Gasteiger partial charge in [0.2, 0.25) is 5.13 Å². The fourth-order valence-electron chi connectivity index (χ4n) is 5.63. The number of aromatic nitrogens is 1. The zero-order valence-electron chi connectivity index (χ0n) is 20.7. The van der Waals surface area contributed by atoms with Gasteiger partial charge in [0, 0.05) is 16.7 Å². The van der Waals surface area contributed by atoms with Gasteiger partial charge >= 0.3 is 5.63 Å². The molecule has 0 N–H and O–H groups in total. The average Bonchev–Trinajstić information content (AvgIpc) is 3.60. The molecule has 0 bridgehead atoms. The first-order valence-electron chi connectivity index (χ1n) is 12.9. The highest BCUT2D eigenvalue weighted by molar-refractivity contribution is 7.14. The van der Waals surface area contributed by atoms with E-state index in [1.54, 1.807) is 6.07 Å². The Labute approximate surface area is 224 Å². The van der Waals surface area contributed by atoms with E-state index in [-0.39, 0.29) is 17.6 Å². The zero-order valence-corrected chi connectivity index (χ0v) is 21.5. The molecule has 7 rings (SSSR count). The van der Waals surface area contributed by atoms with Crippen LogP contribution < -0.4 is 10.6 Å². The summed E-state index contributed by atoms with van der Waals surface area (Å²) in [6.45, 7) is 0. The molecule has 2 aromatic heterocycles. The Morgan fingerprint density at radius 1 is 0.947 bits per heavy atom. The number of anilines is 1. The Morgan fingerprint density at radius 3 is 2.55 bits per heavy atom. The summed E-state index contributed by atoms with van der Waals surface area (Å²) >= 11 is 1.51. The lowest BCUT2D eigenvalue weighted by molar-refractivity contribution is 0.487. The molecule has 1 aliphatic heterocycles. The number of rotatable bonds is 4. The molecule has 186 valence electrons. The van der Waals surface area contributed by atoms with Crippen LogP contribution in [-0.4, -0.2) is 10.7 Å². The highest BCUT2D eigenvalue weighted by Crippen LogP contribution is 2.47. The van der Waals surface area contributed by atoms with Crippen LogP contribution in [0.2, 0.25) is 0 Å². The fraction of sp³-hybridized carbons (Fsp3) is 0.156. The third kappa shape index (κ3) is 4.07. The molecule has 3 heterocycles. The van der Waals surface area contributed by atoms with E-state index in [0.717, 1.165) is 35.5 Å². The fourth-order valence-corrected chi connectivity index (χ4v) is 6.44. The van der Waals surface area contributed by atoms with Crippen LogP contribution in [0.15, 0.2) is 116 Å². The van der Waals surface area contributed by atoms with Crippen molar-refractivity contribution in [2.45, 2.75) is 25.3 Å². The lowest BCUT2D eigenvalue weighted by Crippen LogP contribution is -2.28. The van der Waals surface area contributed by atoms with Gasteiger partial charge in [-0.15, -0.1) is 11.3 Å². The lowest BCUT2D eigenvalue weighted by Gasteiger charge is -2.29.